The van der Waals surface area contributed by atoms with Crippen molar-refractivity contribution in [2.24, 2.45) is 0 Å². The van der Waals surface area contributed by atoms with Crippen molar-refractivity contribution in [3.8, 4) is 0 Å². The van der Waals surface area contributed by atoms with Gasteiger partial charge in [-0.15, -0.1) is 0 Å². The Morgan fingerprint density at radius 3 is 2.36 bits per heavy atom. The molecule has 1 aliphatic heterocycles. The molecule has 7 heteroatoms. The van der Waals surface area contributed by atoms with Crippen molar-refractivity contribution in [3.05, 3.63) is 45.6 Å². The van der Waals surface area contributed by atoms with Crippen LogP contribution in [0.5, 0.6) is 0 Å². The molecule has 22 heavy (non-hydrogen) atoms. The number of aliphatic hydroxyl groups is 1. The molecule has 6 nitrogen and oxygen atoms in total. The van der Waals surface area contributed by atoms with Gasteiger partial charge in [0.05, 0.1) is 18.0 Å². The van der Waals surface area contributed by atoms with Crippen LogP contribution in [0.2, 0.25) is 0 Å². The Balaban J connectivity index is 2.45. The first-order valence-electron chi connectivity index (χ1n) is 6.55. The molecule has 1 atom stereocenters. The lowest BCUT2D eigenvalue weighted by molar-refractivity contribution is -0.138. The number of aliphatic hydroxyl groups excluding tert-OH is 1. The third kappa shape index (κ3) is 3.04. The molecule has 0 bridgehead atoms. The second-order valence-electron chi connectivity index (χ2n) is 4.91. The minimum atomic E-state index is -1.06. The van der Waals surface area contributed by atoms with E-state index in [1.165, 1.54) is 11.8 Å². The molecule has 0 saturated heterocycles. The molecular formula is C15H14BrNO5. The van der Waals surface area contributed by atoms with Crippen LogP contribution in [0.1, 0.15) is 24.9 Å². The number of carbonyl (C=O) groups is 3. The highest BCUT2D eigenvalue weighted by Crippen LogP contribution is 2.37. The van der Waals surface area contributed by atoms with E-state index in [4.69, 9.17) is 5.11 Å². The van der Waals surface area contributed by atoms with Gasteiger partial charge in [0.2, 0.25) is 0 Å². The summed E-state index contributed by atoms with van der Waals surface area (Å²) in [7, 11) is 0. The lowest BCUT2D eigenvalue weighted by Crippen LogP contribution is -2.33. The molecule has 0 radical (unpaired) electrons. The van der Waals surface area contributed by atoms with Gasteiger partial charge in [-0.25, -0.2) is 0 Å². The molecule has 0 aliphatic carbocycles. The molecule has 1 aromatic rings. The largest absolute Gasteiger partial charge is 0.503 e. The third-order valence-corrected chi connectivity index (χ3v) is 3.96. The Morgan fingerprint density at radius 2 is 1.86 bits per heavy atom. The quantitative estimate of drug-likeness (QED) is 0.831. The van der Waals surface area contributed by atoms with Crippen molar-refractivity contribution >= 4 is 33.6 Å². The van der Waals surface area contributed by atoms with E-state index in [1.807, 2.05) is 0 Å². The molecule has 0 unspecified atom stereocenters. The first-order valence-corrected chi connectivity index (χ1v) is 7.34. The van der Waals surface area contributed by atoms with Gasteiger partial charge < -0.3 is 15.1 Å². The van der Waals surface area contributed by atoms with E-state index < -0.39 is 29.5 Å². The fourth-order valence-corrected chi connectivity index (χ4v) is 2.72. The molecule has 2 rings (SSSR count). The number of rotatable bonds is 5. The smallest absolute Gasteiger partial charge is 0.305 e. The van der Waals surface area contributed by atoms with Crippen LogP contribution >= 0.6 is 15.9 Å². The number of carboxylic acids is 1. The Morgan fingerprint density at radius 1 is 1.27 bits per heavy atom. The predicted molar refractivity (Wildman–Crippen MR) is 81.2 cm³/mol. The van der Waals surface area contributed by atoms with Gasteiger partial charge in [0.15, 0.2) is 11.5 Å². The monoisotopic (exact) mass is 367 g/mol. The number of hydrogen-bond acceptors (Lipinski definition) is 4. The van der Waals surface area contributed by atoms with Gasteiger partial charge in [0, 0.05) is 11.0 Å². The van der Waals surface area contributed by atoms with Crippen molar-refractivity contribution in [2.75, 3.05) is 6.54 Å². The Hall–Kier alpha value is -2.15. The Labute approximate surface area is 135 Å². The number of Topliss-reactive ketones (excluding diaryl/α,β-unsaturated/α-hetero) is 1. The summed E-state index contributed by atoms with van der Waals surface area (Å²) in [6.07, 6.45) is -0.267. The van der Waals surface area contributed by atoms with Gasteiger partial charge >= 0.3 is 5.97 Å². The molecular weight excluding hydrogens is 354 g/mol. The number of benzene rings is 1. The van der Waals surface area contributed by atoms with Crippen LogP contribution in [0.15, 0.2) is 40.1 Å². The second-order valence-corrected chi connectivity index (χ2v) is 5.83. The van der Waals surface area contributed by atoms with Crippen LogP contribution < -0.4 is 0 Å². The maximum atomic E-state index is 12.1. The number of carbonyl (C=O) groups excluding carboxylic acids is 2. The van der Waals surface area contributed by atoms with Crippen LogP contribution in [0, 0.1) is 0 Å². The average molecular weight is 368 g/mol. The summed E-state index contributed by atoms with van der Waals surface area (Å²) in [5, 5.41) is 18.8. The Bertz CT molecular complexity index is 665. The summed E-state index contributed by atoms with van der Waals surface area (Å²) in [4.78, 5) is 35.9. The highest BCUT2D eigenvalue weighted by molar-refractivity contribution is 9.10. The van der Waals surface area contributed by atoms with Crippen LogP contribution in [0.3, 0.4) is 0 Å². The maximum Gasteiger partial charge on any atom is 0.305 e. The summed E-state index contributed by atoms with van der Waals surface area (Å²) in [6, 6.07) is 6.18. The van der Waals surface area contributed by atoms with E-state index in [2.05, 4.69) is 15.9 Å². The van der Waals surface area contributed by atoms with E-state index in [0.717, 1.165) is 4.47 Å². The number of nitrogens with zero attached hydrogens (tertiary/aromatic N) is 1. The van der Waals surface area contributed by atoms with Gasteiger partial charge in [-0.1, -0.05) is 28.1 Å². The van der Waals surface area contributed by atoms with E-state index in [0.29, 0.717) is 5.56 Å². The molecule has 1 heterocycles. The summed E-state index contributed by atoms with van der Waals surface area (Å²) >= 11 is 3.30. The first kappa shape index (κ1) is 16.2. The fourth-order valence-electron chi connectivity index (χ4n) is 2.45. The van der Waals surface area contributed by atoms with E-state index >= 15 is 0 Å². The Kier molecular flexibility index (Phi) is 4.65. The maximum absolute atomic E-state index is 12.1. The SMILES string of the molecule is CC(=O)C1=C(O)C(=O)N(CCC(=O)O)[C@@H]1c1ccc(Br)cc1. The fraction of sp³-hybridized carbons (Fsp3) is 0.267. The van der Waals surface area contributed by atoms with Crippen LogP contribution in [-0.2, 0) is 14.4 Å². The molecule has 0 saturated carbocycles. The molecule has 116 valence electrons. The number of hydrogen-bond donors (Lipinski definition) is 2. The highest BCUT2D eigenvalue weighted by atomic mass is 79.9. The lowest BCUT2D eigenvalue weighted by Gasteiger charge is -2.26. The summed E-state index contributed by atoms with van der Waals surface area (Å²) in [5.74, 6) is -2.81. The number of halogens is 1. The van der Waals surface area contributed by atoms with Gasteiger partial charge in [0.1, 0.15) is 0 Å². The normalized spacial score (nSPS) is 18.0. The van der Waals surface area contributed by atoms with E-state index in [-0.39, 0.29) is 18.5 Å². The van der Waals surface area contributed by atoms with Crippen LogP contribution in [0.25, 0.3) is 0 Å². The summed E-state index contributed by atoms with van der Waals surface area (Å²) in [6.45, 7) is 1.18. The second kappa shape index (κ2) is 6.31. The zero-order valence-corrected chi connectivity index (χ0v) is 13.3. The molecule has 1 aromatic carbocycles. The molecule has 0 aromatic heterocycles. The zero-order valence-electron chi connectivity index (χ0n) is 11.7. The predicted octanol–water partition coefficient (Wildman–Crippen LogP) is 2.21. The highest BCUT2D eigenvalue weighted by Gasteiger charge is 2.42. The van der Waals surface area contributed by atoms with E-state index in [9.17, 15) is 19.5 Å². The average Bonchev–Trinajstić information content (AvgIpc) is 2.70. The van der Waals surface area contributed by atoms with Crippen molar-refractivity contribution < 1.29 is 24.6 Å². The minimum absolute atomic E-state index is 0.00212. The summed E-state index contributed by atoms with van der Waals surface area (Å²) < 4.78 is 0.829. The molecule has 2 N–H and O–H groups in total. The third-order valence-electron chi connectivity index (χ3n) is 3.44. The number of carboxylic acid groups (broad SMARTS) is 1. The van der Waals surface area contributed by atoms with Crippen LogP contribution in [0.4, 0.5) is 0 Å². The van der Waals surface area contributed by atoms with Crippen molar-refractivity contribution in [1.29, 1.82) is 0 Å². The van der Waals surface area contributed by atoms with Gasteiger partial charge in [0.25, 0.3) is 5.91 Å². The number of amides is 1. The topological polar surface area (TPSA) is 94.9 Å². The number of ketones is 1. The van der Waals surface area contributed by atoms with Crippen molar-refractivity contribution in [2.45, 2.75) is 19.4 Å². The minimum Gasteiger partial charge on any atom is -0.503 e. The summed E-state index contributed by atoms with van der Waals surface area (Å²) in [5.41, 5.74) is 0.633. The standard InChI is InChI=1S/C15H14BrNO5/c1-8(18)12-13(9-2-4-10(16)5-3-9)17(7-6-11(19)20)15(22)14(12)21/h2-5,13,21H,6-7H2,1H3,(H,19,20)/t13-/m1/s1. The molecule has 0 fully saturated rings. The van der Waals surface area contributed by atoms with Crippen molar-refractivity contribution in [3.63, 3.8) is 0 Å². The van der Waals surface area contributed by atoms with Crippen LogP contribution in [-0.4, -0.2) is 39.3 Å². The lowest BCUT2D eigenvalue weighted by atomic mass is 9.97. The van der Waals surface area contributed by atoms with Gasteiger partial charge in [-0.2, -0.15) is 0 Å². The van der Waals surface area contributed by atoms with Crippen molar-refractivity contribution in [1.82, 2.24) is 4.90 Å². The van der Waals surface area contributed by atoms with Gasteiger partial charge in [-0.05, 0) is 24.6 Å². The van der Waals surface area contributed by atoms with Gasteiger partial charge in [-0.3, -0.25) is 14.4 Å². The molecule has 0 spiro atoms. The zero-order chi connectivity index (χ0) is 16.4. The first-order chi connectivity index (χ1) is 10.3. The molecule has 1 amide bonds. The molecule has 1 aliphatic rings. The van der Waals surface area contributed by atoms with E-state index in [1.54, 1.807) is 24.3 Å². The number of aliphatic carboxylic acids is 1.